The number of rotatable bonds is 6. The molecule has 2 aromatic carbocycles. The Balaban J connectivity index is 1.73. The topological polar surface area (TPSA) is 29.5 Å². The minimum Gasteiger partial charge on any atom is -0.494 e. The van der Waals surface area contributed by atoms with Crippen molar-refractivity contribution in [2.24, 2.45) is 0 Å². The summed E-state index contributed by atoms with van der Waals surface area (Å²) in [4.78, 5) is 15.0. The molecule has 1 saturated carbocycles. The van der Waals surface area contributed by atoms with E-state index >= 15 is 0 Å². The summed E-state index contributed by atoms with van der Waals surface area (Å²) in [6.07, 6.45) is 2.90. The number of halogens is 1. The van der Waals surface area contributed by atoms with E-state index in [1.165, 1.54) is 0 Å². The van der Waals surface area contributed by atoms with Gasteiger partial charge in [0.05, 0.1) is 12.0 Å². The molecule has 1 aliphatic rings. The first kappa shape index (κ1) is 17.8. The van der Waals surface area contributed by atoms with E-state index in [1.807, 2.05) is 67.4 Å². The van der Waals surface area contributed by atoms with Crippen LogP contribution in [-0.2, 0) is 16.8 Å². The van der Waals surface area contributed by atoms with Crippen molar-refractivity contribution in [2.45, 2.75) is 38.1 Å². The maximum absolute atomic E-state index is 13.2. The lowest BCUT2D eigenvalue weighted by Crippen LogP contribution is -2.49. The number of carbonyl (C=O) groups excluding carboxylic acids is 1. The molecular formula is C21H24ClNO2. The van der Waals surface area contributed by atoms with Crippen LogP contribution >= 0.6 is 11.6 Å². The van der Waals surface area contributed by atoms with Gasteiger partial charge in [-0.2, -0.15) is 0 Å². The summed E-state index contributed by atoms with van der Waals surface area (Å²) in [5.74, 6) is 1.05. The van der Waals surface area contributed by atoms with Crippen LogP contribution in [0.3, 0.4) is 0 Å². The van der Waals surface area contributed by atoms with Crippen LogP contribution in [0.25, 0.3) is 0 Å². The van der Waals surface area contributed by atoms with E-state index in [-0.39, 0.29) is 11.3 Å². The third-order valence-corrected chi connectivity index (χ3v) is 5.27. The van der Waals surface area contributed by atoms with Crippen molar-refractivity contribution >= 4 is 17.5 Å². The van der Waals surface area contributed by atoms with Crippen LogP contribution in [0.4, 0.5) is 0 Å². The third-order valence-electron chi connectivity index (χ3n) is 5.01. The number of hydrogen-bond donors (Lipinski definition) is 0. The number of likely N-dealkylation sites (N-methyl/N-ethyl adjacent to an activating group) is 1. The average molecular weight is 358 g/mol. The van der Waals surface area contributed by atoms with E-state index in [1.54, 1.807) is 0 Å². The molecule has 4 heteroatoms. The molecule has 0 atom stereocenters. The van der Waals surface area contributed by atoms with Gasteiger partial charge in [-0.3, -0.25) is 4.79 Å². The summed E-state index contributed by atoms with van der Waals surface area (Å²) in [5.41, 5.74) is 1.79. The van der Waals surface area contributed by atoms with Crippen molar-refractivity contribution in [2.75, 3.05) is 13.7 Å². The average Bonchev–Trinajstić information content (AvgIpc) is 2.57. The molecule has 0 spiro atoms. The maximum atomic E-state index is 13.2. The minimum atomic E-state index is -0.384. The third kappa shape index (κ3) is 3.67. The van der Waals surface area contributed by atoms with Gasteiger partial charge in [0.25, 0.3) is 0 Å². The lowest BCUT2D eigenvalue weighted by atomic mass is 9.63. The summed E-state index contributed by atoms with van der Waals surface area (Å²) in [6.45, 7) is 3.22. The highest BCUT2D eigenvalue weighted by Crippen LogP contribution is 2.45. The SMILES string of the molecule is CCOc1ccc(CN(C)C(=O)C2(c3ccc(Cl)cc3)CCC2)cc1. The molecule has 0 heterocycles. The van der Waals surface area contributed by atoms with Gasteiger partial charge >= 0.3 is 0 Å². The first-order chi connectivity index (χ1) is 12.0. The minimum absolute atomic E-state index is 0.190. The number of nitrogens with zero attached hydrogens (tertiary/aromatic N) is 1. The van der Waals surface area contributed by atoms with Crippen molar-refractivity contribution in [3.05, 3.63) is 64.7 Å². The standard InChI is InChI=1S/C21H24ClNO2/c1-3-25-19-11-5-16(6-12-19)15-23(2)20(24)21(13-4-14-21)17-7-9-18(22)10-8-17/h5-12H,3-4,13-15H2,1-2H3. The molecule has 1 fully saturated rings. The first-order valence-corrected chi connectivity index (χ1v) is 9.16. The first-order valence-electron chi connectivity index (χ1n) is 8.78. The Morgan fingerprint density at radius 2 is 1.76 bits per heavy atom. The van der Waals surface area contributed by atoms with Crippen molar-refractivity contribution in [1.82, 2.24) is 4.90 Å². The van der Waals surface area contributed by atoms with Gasteiger partial charge < -0.3 is 9.64 Å². The second-order valence-electron chi connectivity index (χ2n) is 6.68. The molecule has 25 heavy (non-hydrogen) atoms. The predicted molar refractivity (Wildman–Crippen MR) is 101 cm³/mol. The monoisotopic (exact) mass is 357 g/mol. The lowest BCUT2D eigenvalue weighted by molar-refractivity contribution is -0.140. The van der Waals surface area contributed by atoms with E-state index in [4.69, 9.17) is 16.3 Å². The summed E-state index contributed by atoms with van der Waals surface area (Å²) in [6, 6.07) is 15.7. The fraction of sp³-hybridized carbons (Fsp3) is 0.381. The van der Waals surface area contributed by atoms with E-state index in [2.05, 4.69) is 0 Å². The summed E-state index contributed by atoms with van der Waals surface area (Å²) >= 11 is 6.00. The van der Waals surface area contributed by atoms with Crippen LogP contribution in [0, 0.1) is 0 Å². The molecule has 1 amide bonds. The van der Waals surface area contributed by atoms with Gasteiger partial charge in [0, 0.05) is 18.6 Å². The summed E-state index contributed by atoms with van der Waals surface area (Å²) < 4.78 is 5.47. The number of hydrogen-bond acceptors (Lipinski definition) is 2. The van der Waals surface area contributed by atoms with Gasteiger partial charge in [-0.1, -0.05) is 42.3 Å². The Bertz CT molecular complexity index is 721. The van der Waals surface area contributed by atoms with Crippen LogP contribution in [0.15, 0.2) is 48.5 Å². The predicted octanol–water partition coefficient (Wildman–Crippen LogP) is 4.82. The quantitative estimate of drug-likeness (QED) is 0.741. The van der Waals surface area contributed by atoms with E-state index in [9.17, 15) is 4.79 Å². The van der Waals surface area contributed by atoms with Gasteiger partial charge in [0.15, 0.2) is 0 Å². The highest BCUT2D eigenvalue weighted by Gasteiger charge is 2.46. The number of ether oxygens (including phenoxy) is 1. The van der Waals surface area contributed by atoms with Gasteiger partial charge in [0.1, 0.15) is 5.75 Å². The van der Waals surface area contributed by atoms with E-state index in [0.717, 1.165) is 36.1 Å². The van der Waals surface area contributed by atoms with Crippen LogP contribution in [0.5, 0.6) is 5.75 Å². The molecule has 0 bridgehead atoms. The van der Waals surface area contributed by atoms with Gasteiger partial charge in [-0.05, 0) is 55.2 Å². The molecule has 0 N–H and O–H groups in total. The zero-order valence-corrected chi connectivity index (χ0v) is 15.6. The largest absolute Gasteiger partial charge is 0.494 e. The molecule has 0 aromatic heterocycles. The van der Waals surface area contributed by atoms with Gasteiger partial charge in [-0.25, -0.2) is 0 Å². The fourth-order valence-corrected chi connectivity index (χ4v) is 3.62. The Labute approximate surface area is 154 Å². The summed E-state index contributed by atoms with van der Waals surface area (Å²) in [5, 5.41) is 0.702. The molecule has 2 aromatic rings. The molecule has 132 valence electrons. The second-order valence-corrected chi connectivity index (χ2v) is 7.12. The maximum Gasteiger partial charge on any atom is 0.233 e. The van der Waals surface area contributed by atoms with E-state index in [0.29, 0.717) is 18.2 Å². The zero-order valence-electron chi connectivity index (χ0n) is 14.8. The molecule has 3 nitrogen and oxygen atoms in total. The smallest absolute Gasteiger partial charge is 0.233 e. The molecule has 0 unspecified atom stereocenters. The van der Waals surface area contributed by atoms with Crippen molar-refractivity contribution in [3.8, 4) is 5.75 Å². The Morgan fingerprint density at radius 1 is 1.12 bits per heavy atom. The molecule has 3 rings (SSSR count). The number of benzene rings is 2. The highest BCUT2D eigenvalue weighted by molar-refractivity contribution is 6.30. The van der Waals surface area contributed by atoms with E-state index < -0.39 is 0 Å². The highest BCUT2D eigenvalue weighted by atomic mass is 35.5. The number of carbonyl (C=O) groups is 1. The number of amides is 1. The van der Waals surface area contributed by atoms with Crippen molar-refractivity contribution < 1.29 is 9.53 Å². The van der Waals surface area contributed by atoms with Crippen molar-refractivity contribution in [3.63, 3.8) is 0 Å². The van der Waals surface area contributed by atoms with Crippen LogP contribution < -0.4 is 4.74 Å². The van der Waals surface area contributed by atoms with Crippen molar-refractivity contribution in [1.29, 1.82) is 0 Å². The molecule has 0 aliphatic heterocycles. The Morgan fingerprint density at radius 3 is 2.28 bits per heavy atom. The molecular weight excluding hydrogens is 334 g/mol. The van der Waals surface area contributed by atoms with Gasteiger partial charge in [-0.15, -0.1) is 0 Å². The molecule has 0 radical (unpaired) electrons. The normalized spacial score (nSPS) is 15.3. The second kappa shape index (κ2) is 7.49. The zero-order chi connectivity index (χ0) is 17.9. The van der Waals surface area contributed by atoms with Gasteiger partial charge in [0.2, 0.25) is 5.91 Å². The summed E-state index contributed by atoms with van der Waals surface area (Å²) in [7, 11) is 1.88. The molecule has 0 saturated heterocycles. The van der Waals surface area contributed by atoms with Crippen LogP contribution in [0.2, 0.25) is 5.02 Å². The van der Waals surface area contributed by atoms with Crippen LogP contribution in [-0.4, -0.2) is 24.5 Å². The fourth-order valence-electron chi connectivity index (χ4n) is 3.49. The Hall–Kier alpha value is -2.00. The lowest BCUT2D eigenvalue weighted by Gasteiger charge is -2.43. The van der Waals surface area contributed by atoms with Crippen LogP contribution in [0.1, 0.15) is 37.3 Å². The Kier molecular flexibility index (Phi) is 5.33. The molecule has 1 aliphatic carbocycles.